The van der Waals surface area contributed by atoms with E-state index in [-0.39, 0.29) is 6.04 Å². The Labute approximate surface area is 123 Å². The molecule has 3 aromatic rings. The van der Waals surface area contributed by atoms with Crippen LogP contribution in [0, 0.1) is 6.92 Å². The van der Waals surface area contributed by atoms with Crippen LogP contribution in [0.15, 0.2) is 36.7 Å². The molecule has 5 nitrogen and oxygen atoms in total. The summed E-state index contributed by atoms with van der Waals surface area (Å²) in [6.45, 7) is 4.38. The summed E-state index contributed by atoms with van der Waals surface area (Å²) in [6, 6.07) is 8.16. The number of hydrogen-bond donors (Lipinski definition) is 2. The number of benzene rings is 1. The van der Waals surface area contributed by atoms with Gasteiger partial charge in [-0.3, -0.25) is 10.1 Å². The van der Waals surface area contributed by atoms with E-state index in [4.69, 9.17) is 10.5 Å². The molecule has 21 heavy (non-hydrogen) atoms. The molecule has 0 aliphatic rings. The number of ether oxygens (including phenoxy) is 1. The summed E-state index contributed by atoms with van der Waals surface area (Å²) in [4.78, 5) is 4.24. The molecule has 3 N–H and O–H groups in total. The number of fused-ring (bicyclic) bond motifs is 1. The Morgan fingerprint density at radius 1 is 1.24 bits per heavy atom. The molecular formula is C16H18N4O. The molecule has 3 rings (SSSR count). The summed E-state index contributed by atoms with van der Waals surface area (Å²) in [7, 11) is 0. The number of aromatic amines is 1. The van der Waals surface area contributed by atoms with Crippen LogP contribution in [0.25, 0.3) is 22.0 Å². The number of nitrogens with zero attached hydrogens (tertiary/aromatic N) is 2. The first-order valence-electron chi connectivity index (χ1n) is 6.92. The van der Waals surface area contributed by atoms with Gasteiger partial charge in [0.05, 0.1) is 17.4 Å². The Balaban J connectivity index is 1.94. The quantitative estimate of drug-likeness (QED) is 0.771. The smallest absolute Gasteiger partial charge is 0.138 e. The minimum absolute atomic E-state index is 0.00131. The molecule has 0 fully saturated rings. The molecule has 0 spiro atoms. The van der Waals surface area contributed by atoms with E-state index < -0.39 is 0 Å². The van der Waals surface area contributed by atoms with Crippen molar-refractivity contribution in [2.24, 2.45) is 5.73 Å². The zero-order valence-corrected chi connectivity index (χ0v) is 12.1. The third-order valence-electron chi connectivity index (χ3n) is 3.31. The molecule has 0 unspecified atom stereocenters. The lowest BCUT2D eigenvalue weighted by molar-refractivity contribution is 0.295. The first kappa shape index (κ1) is 13.6. The van der Waals surface area contributed by atoms with Crippen molar-refractivity contribution in [3.63, 3.8) is 0 Å². The molecule has 0 aliphatic carbocycles. The van der Waals surface area contributed by atoms with Crippen LogP contribution in [-0.4, -0.2) is 27.8 Å². The monoisotopic (exact) mass is 282 g/mol. The van der Waals surface area contributed by atoms with E-state index in [0.29, 0.717) is 6.61 Å². The predicted molar refractivity (Wildman–Crippen MR) is 83.2 cm³/mol. The van der Waals surface area contributed by atoms with Crippen LogP contribution in [0.2, 0.25) is 0 Å². The van der Waals surface area contributed by atoms with Gasteiger partial charge in [0.25, 0.3) is 0 Å². The highest BCUT2D eigenvalue weighted by atomic mass is 16.5. The molecular weight excluding hydrogens is 264 g/mol. The van der Waals surface area contributed by atoms with E-state index in [0.717, 1.165) is 33.5 Å². The summed E-state index contributed by atoms with van der Waals surface area (Å²) in [5.41, 5.74) is 9.83. The molecule has 0 bridgehead atoms. The number of aryl methyl sites for hydroxylation is 1. The van der Waals surface area contributed by atoms with Gasteiger partial charge in [0.1, 0.15) is 12.4 Å². The Hall–Kier alpha value is -2.40. The number of nitrogens with two attached hydrogens (primary N) is 1. The molecule has 0 radical (unpaired) electrons. The first-order chi connectivity index (χ1) is 10.1. The molecule has 0 amide bonds. The molecule has 0 saturated heterocycles. The van der Waals surface area contributed by atoms with Gasteiger partial charge in [-0.1, -0.05) is 6.07 Å². The van der Waals surface area contributed by atoms with Crippen molar-refractivity contribution in [1.29, 1.82) is 0 Å². The molecule has 5 heteroatoms. The van der Waals surface area contributed by atoms with E-state index in [9.17, 15) is 0 Å². The fraction of sp³-hybridized carbons (Fsp3) is 0.250. The van der Waals surface area contributed by atoms with E-state index in [1.165, 1.54) is 0 Å². The maximum Gasteiger partial charge on any atom is 0.138 e. The Bertz CT molecular complexity index is 764. The first-order valence-corrected chi connectivity index (χ1v) is 6.92. The van der Waals surface area contributed by atoms with Crippen molar-refractivity contribution in [3.05, 3.63) is 42.4 Å². The molecule has 0 saturated carbocycles. The van der Waals surface area contributed by atoms with Gasteiger partial charge in [0.2, 0.25) is 0 Å². The van der Waals surface area contributed by atoms with Gasteiger partial charge in [-0.2, -0.15) is 5.10 Å². The lowest BCUT2D eigenvalue weighted by atomic mass is 10.0. The summed E-state index contributed by atoms with van der Waals surface area (Å²) < 4.78 is 5.62. The molecule has 2 heterocycles. The molecule has 1 atom stereocenters. The summed E-state index contributed by atoms with van der Waals surface area (Å²) in [5.74, 6) is 0.730. The Morgan fingerprint density at radius 3 is 2.90 bits per heavy atom. The third-order valence-corrected chi connectivity index (χ3v) is 3.31. The van der Waals surface area contributed by atoms with E-state index >= 15 is 0 Å². The van der Waals surface area contributed by atoms with Crippen molar-refractivity contribution in [3.8, 4) is 16.9 Å². The highest BCUT2D eigenvalue weighted by molar-refractivity contribution is 5.86. The van der Waals surface area contributed by atoms with Crippen LogP contribution >= 0.6 is 0 Å². The van der Waals surface area contributed by atoms with E-state index in [2.05, 4.69) is 21.2 Å². The van der Waals surface area contributed by atoms with Crippen molar-refractivity contribution >= 4 is 10.9 Å². The van der Waals surface area contributed by atoms with Gasteiger partial charge in [-0.15, -0.1) is 0 Å². The van der Waals surface area contributed by atoms with Gasteiger partial charge in [0.15, 0.2) is 0 Å². The minimum Gasteiger partial charge on any atom is -0.490 e. The van der Waals surface area contributed by atoms with Crippen LogP contribution in [0.3, 0.4) is 0 Å². The number of hydrogen-bond acceptors (Lipinski definition) is 4. The van der Waals surface area contributed by atoms with Gasteiger partial charge in [-0.25, -0.2) is 0 Å². The highest BCUT2D eigenvalue weighted by Crippen LogP contribution is 2.26. The summed E-state index contributed by atoms with van der Waals surface area (Å²) in [5, 5.41) is 8.34. The number of pyridine rings is 1. The average molecular weight is 282 g/mol. The number of rotatable bonds is 4. The standard InChI is InChI=1S/C16H18N4O/c1-10(17)9-21-14-5-13(7-18-8-14)12-3-4-16-15(6-12)11(2)19-20-16/h3-8,10H,9,17H2,1-2H3,(H,19,20)/t10-/m0/s1. The third kappa shape index (κ3) is 2.87. The Morgan fingerprint density at radius 2 is 2.10 bits per heavy atom. The highest BCUT2D eigenvalue weighted by Gasteiger charge is 2.06. The lowest BCUT2D eigenvalue weighted by Crippen LogP contribution is -2.23. The van der Waals surface area contributed by atoms with Crippen LogP contribution in [0.4, 0.5) is 0 Å². The normalized spacial score (nSPS) is 12.5. The lowest BCUT2D eigenvalue weighted by Gasteiger charge is -2.09. The topological polar surface area (TPSA) is 76.8 Å². The minimum atomic E-state index is -0.00131. The van der Waals surface area contributed by atoms with Crippen LogP contribution in [-0.2, 0) is 0 Å². The molecule has 108 valence electrons. The second-order valence-electron chi connectivity index (χ2n) is 5.27. The zero-order valence-electron chi connectivity index (χ0n) is 12.1. The van der Waals surface area contributed by atoms with E-state index in [1.54, 1.807) is 6.20 Å². The zero-order chi connectivity index (χ0) is 14.8. The van der Waals surface area contributed by atoms with Crippen molar-refractivity contribution in [1.82, 2.24) is 15.2 Å². The average Bonchev–Trinajstić information content (AvgIpc) is 2.86. The molecule has 1 aromatic carbocycles. The van der Waals surface area contributed by atoms with Crippen LogP contribution in [0.5, 0.6) is 5.75 Å². The maximum absolute atomic E-state index is 5.70. The largest absolute Gasteiger partial charge is 0.490 e. The predicted octanol–water partition coefficient (Wildman–Crippen LogP) is 2.66. The second kappa shape index (κ2) is 5.54. The van der Waals surface area contributed by atoms with Gasteiger partial charge >= 0.3 is 0 Å². The number of aromatic nitrogens is 3. The number of H-pyrrole nitrogens is 1. The maximum atomic E-state index is 5.70. The van der Waals surface area contributed by atoms with Crippen molar-refractivity contribution in [2.45, 2.75) is 19.9 Å². The molecule has 0 aliphatic heterocycles. The van der Waals surface area contributed by atoms with Crippen LogP contribution in [0.1, 0.15) is 12.6 Å². The van der Waals surface area contributed by atoms with Crippen molar-refractivity contribution in [2.75, 3.05) is 6.61 Å². The van der Waals surface area contributed by atoms with Crippen LogP contribution < -0.4 is 10.5 Å². The Kier molecular flexibility index (Phi) is 3.58. The van der Waals surface area contributed by atoms with Gasteiger partial charge in [0, 0.05) is 23.2 Å². The summed E-state index contributed by atoms with van der Waals surface area (Å²) in [6.07, 6.45) is 3.53. The fourth-order valence-corrected chi connectivity index (χ4v) is 2.21. The van der Waals surface area contributed by atoms with Gasteiger partial charge in [-0.05, 0) is 37.6 Å². The summed E-state index contributed by atoms with van der Waals surface area (Å²) >= 11 is 0. The number of nitrogens with one attached hydrogen (secondary N) is 1. The SMILES string of the molecule is Cc1n[nH]c2ccc(-c3cncc(OC[C@H](C)N)c3)cc12. The van der Waals surface area contributed by atoms with Crippen molar-refractivity contribution < 1.29 is 4.74 Å². The van der Waals surface area contributed by atoms with E-state index in [1.807, 2.05) is 38.2 Å². The van der Waals surface area contributed by atoms with Gasteiger partial charge < -0.3 is 10.5 Å². The fourth-order valence-electron chi connectivity index (χ4n) is 2.21. The second-order valence-corrected chi connectivity index (χ2v) is 5.27. The molecule has 2 aromatic heterocycles.